The zero-order chi connectivity index (χ0) is 22.4. The molecule has 3 rings (SSSR count). The minimum atomic E-state index is 1.10. The van der Waals surface area contributed by atoms with Gasteiger partial charge < -0.3 is 10.6 Å². The molecule has 2 heteroatoms. The minimum absolute atomic E-state index is 1.10. The number of hydrogen-bond acceptors (Lipinski definition) is 2. The monoisotopic (exact) mass is 428 g/mol. The molecule has 0 aliphatic rings. The number of hydrogen-bond donors (Lipinski definition) is 2. The molecule has 2 N–H and O–H groups in total. The average molecular weight is 429 g/mol. The predicted molar refractivity (Wildman–Crippen MR) is 142 cm³/mol. The number of unbranched alkanes of at least 4 members (excludes halogenated alkanes) is 6. The highest BCUT2D eigenvalue weighted by Gasteiger charge is 2.01. The van der Waals surface area contributed by atoms with E-state index in [9.17, 15) is 0 Å². The Kier molecular flexibility index (Phi) is 10.2. The first-order chi connectivity index (χ1) is 15.8. The smallest absolute Gasteiger partial charge is 0.0405 e. The van der Waals surface area contributed by atoms with Crippen molar-refractivity contribution in [3.8, 4) is 0 Å². The van der Waals surface area contributed by atoms with Crippen molar-refractivity contribution in [2.45, 2.75) is 78.1 Å². The van der Waals surface area contributed by atoms with Gasteiger partial charge in [-0.1, -0.05) is 82.7 Å². The molecule has 2 nitrogen and oxygen atoms in total. The molecule has 0 heterocycles. The summed E-state index contributed by atoms with van der Waals surface area (Å²) in [6.45, 7) is 4.52. The SMILES string of the molecule is CCCCCCc1ccc(Nc2cccc(Nc3ccc(CCCCCC)cc3)c2)cc1. The summed E-state index contributed by atoms with van der Waals surface area (Å²) in [7, 11) is 0. The van der Waals surface area contributed by atoms with Crippen molar-refractivity contribution in [2.75, 3.05) is 10.6 Å². The van der Waals surface area contributed by atoms with E-state index in [-0.39, 0.29) is 0 Å². The van der Waals surface area contributed by atoms with Crippen LogP contribution in [-0.4, -0.2) is 0 Å². The molecule has 3 aromatic carbocycles. The van der Waals surface area contributed by atoms with Gasteiger partial charge in [-0.05, 0) is 79.3 Å². The molecule has 0 aromatic heterocycles. The van der Waals surface area contributed by atoms with Gasteiger partial charge in [-0.15, -0.1) is 0 Å². The highest BCUT2D eigenvalue weighted by Crippen LogP contribution is 2.24. The molecule has 0 aliphatic carbocycles. The number of anilines is 4. The van der Waals surface area contributed by atoms with Crippen molar-refractivity contribution in [1.82, 2.24) is 0 Å². The Morgan fingerprint density at radius 2 is 0.906 bits per heavy atom. The standard InChI is InChI=1S/C30H40N2/c1-3-5-7-9-12-25-16-20-27(21-17-25)31-29-14-11-15-30(24-29)32-28-22-18-26(19-23-28)13-10-8-6-4-2/h11,14-24,31-32H,3-10,12-13H2,1-2H3. The summed E-state index contributed by atoms with van der Waals surface area (Å²) < 4.78 is 0. The van der Waals surface area contributed by atoms with E-state index >= 15 is 0 Å². The highest BCUT2D eigenvalue weighted by atomic mass is 14.9. The summed E-state index contributed by atoms with van der Waals surface area (Å²) >= 11 is 0. The largest absolute Gasteiger partial charge is 0.355 e. The van der Waals surface area contributed by atoms with Crippen molar-refractivity contribution in [2.24, 2.45) is 0 Å². The van der Waals surface area contributed by atoms with Gasteiger partial charge in [0.2, 0.25) is 0 Å². The summed E-state index contributed by atoms with van der Waals surface area (Å²) in [4.78, 5) is 0. The highest BCUT2D eigenvalue weighted by molar-refractivity contribution is 5.68. The van der Waals surface area contributed by atoms with Crippen LogP contribution in [0.4, 0.5) is 22.7 Å². The van der Waals surface area contributed by atoms with Crippen molar-refractivity contribution in [3.05, 3.63) is 83.9 Å². The van der Waals surface area contributed by atoms with Crippen LogP contribution in [-0.2, 0) is 12.8 Å². The minimum Gasteiger partial charge on any atom is -0.355 e. The van der Waals surface area contributed by atoms with Crippen molar-refractivity contribution in [1.29, 1.82) is 0 Å². The Labute approximate surface area is 195 Å². The van der Waals surface area contributed by atoms with E-state index in [2.05, 4.69) is 97.3 Å². The third-order valence-corrected chi connectivity index (χ3v) is 5.99. The van der Waals surface area contributed by atoms with E-state index in [1.165, 1.54) is 75.3 Å². The Hall–Kier alpha value is -2.74. The molecule has 3 aromatic rings. The Morgan fingerprint density at radius 1 is 0.469 bits per heavy atom. The molecule has 0 bridgehead atoms. The summed E-state index contributed by atoms with van der Waals surface area (Å²) in [6, 6.07) is 26.2. The van der Waals surface area contributed by atoms with Gasteiger partial charge in [0.25, 0.3) is 0 Å². The van der Waals surface area contributed by atoms with Crippen LogP contribution in [0.2, 0.25) is 0 Å². The van der Waals surface area contributed by atoms with Gasteiger partial charge >= 0.3 is 0 Å². The van der Waals surface area contributed by atoms with Crippen molar-refractivity contribution < 1.29 is 0 Å². The van der Waals surface area contributed by atoms with E-state index in [1.54, 1.807) is 0 Å². The van der Waals surface area contributed by atoms with Gasteiger partial charge in [0.15, 0.2) is 0 Å². The van der Waals surface area contributed by atoms with Gasteiger partial charge in [0, 0.05) is 22.7 Å². The fourth-order valence-electron chi connectivity index (χ4n) is 4.03. The van der Waals surface area contributed by atoms with Gasteiger partial charge in [0.05, 0.1) is 0 Å². The normalized spacial score (nSPS) is 10.8. The second kappa shape index (κ2) is 13.6. The maximum atomic E-state index is 3.54. The van der Waals surface area contributed by atoms with Gasteiger partial charge in [0.1, 0.15) is 0 Å². The van der Waals surface area contributed by atoms with Crippen LogP contribution in [0.25, 0.3) is 0 Å². The van der Waals surface area contributed by atoms with E-state index in [0.29, 0.717) is 0 Å². The van der Waals surface area contributed by atoms with E-state index in [1.807, 2.05) is 0 Å². The molecule has 0 saturated carbocycles. The average Bonchev–Trinajstić information content (AvgIpc) is 2.82. The van der Waals surface area contributed by atoms with Crippen LogP contribution in [0.5, 0.6) is 0 Å². The van der Waals surface area contributed by atoms with E-state index < -0.39 is 0 Å². The van der Waals surface area contributed by atoms with Crippen LogP contribution in [0, 0.1) is 0 Å². The summed E-state index contributed by atoms with van der Waals surface area (Å²) in [6.07, 6.45) is 12.9. The van der Waals surface area contributed by atoms with Crippen LogP contribution >= 0.6 is 0 Å². The zero-order valence-electron chi connectivity index (χ0n) is 20.0. The molecule has 0 atom stereocenters. The van der Waals surface area contributed by atoms with Gasteiger partial charge in [-0.3, -0.25) is 0 Å². The second-order valence-corrected chi connectivity index (χ2v) is 8.85. The molecule has 0 spiro atoms. The summed E-state index contributed by atoms with van der Waals surface area (Å²) in [5.74, 6) is 0. The number of aryl methyl sites for hydroxylation is 2. The Morgan fingerprint density at radius 3 is 1.31 bits per heavy atom. The second-order valence-electron chi connectivity index (χ2n) is 8.85. The quantitative estimate of drug-likeness (QED) is 0.250. The van der Waals surface area contributed by atoms with Crippen molar-refractivity contribution >= 4 is 22.7 Å². The molecule has 0 aliphatic heterocycles. The summed E-state index contributed by atoms with van der Waals surface area (Å²) in [5.41, 5.74) is 7.31. The zero-order valence-corrected chi connectivity index (χ0v) is 20.0. The van der Waals surface area contributed by atoms with Crippen LogP contribution in [0.1, 0.15) is 76.3 Å². The van der Waals surface area contributed by atoms with E-state index in [0.717, 1.165) is 22.7 Å². The molecular weight excluding hydrogens is 388 g/mol. The van der Waals surface area contributed by atoms with Crippen LogP contribution in [0.3, 0.4) is 0 Å². The first kappa shape index (κ1) is 23.9. The molecular formula is C30H40N2. The Bertz CT molecular complexity index is 824. The third-order valence-electron chi connectivity index (χ3n) is 5.99. The summed E-state index contributed by atoms with van der Waals surface area (Å²) in [5, 5.41) is 7.07. The lowest BCUT2D eigenvalue weighted by Gasteiger charge is -2.11. The molecule has 0 amide bonds. The maximum absolute atomic E-state index is 3.54. The number of rotatable bonds is 14. The molecule has 0 radical (unpaired) electrons. The molecule has 0 saturated heterocycles. The first-order valence-electron chi connectivity index (χ1n) is 12.6. The third kappa shape index (κ3) is 8.42. The fourth-order valence-corrected chi connectivity index (χ4v) is 4.03. The molecule has 170 valence electrons. The lowest BCUT2D eigenvalue weighted by atomic mass is 10.1. The molecule has 32 heavy (non-hydrogen) atoms. The van der Waals surface area contributed by atoms with Crippen LogP contribution in [0.15, 0.2) is 72.8 Å². The number of nitrogens with one attached hydrogen (secondary N) is 2. The Balaban J connectivity index is 1.50. The molecule has 0 fully saturated rings. The predicted octanol–water partition coefficient (Wildman–Crippen LogP) is 9.42. The van der Waals surface area contributed by atoms with Crippen LogP contribution < -0.4 is 10.6 Å². The first-order valence-corrected chi connectivity index (χ1v) is 12.6. The van der Waals surface area contributed by atoms with Gasteiger partial charge in [-0.25, -0.2) is 0 Å². The lowest BCUT2D eigenvalue weighted by Crippen LogP contribution is -1.95. The topological polar surface area (TPSA) is 24.1 Å². The van der Waals surface area contributed by atoms with Gasteiger partial charge in [-0.2, -0.15) is 0 Å². The lowest BCUT2D eigenvalue weighted by molar-refractivity contribution is 0.667. The number of benzene rings is 3. The molecule has 0 unspecified atom stereocenters. The van der Waals surface area contributed by atoms with E-state index in [4.69, 9.17) is 0 Å². The van der Waals surface area contributed by atoms with Crippen molar-refractivity contribution in [3.63, 3.8) is 0 Å². The fraction of sp³-hybridized carbons (Fsp3) is 0.400. The maximum Gasteiger partial charge on any atom is 0.0405 e.